The molecule has 1 fully saturated rings. The van der Waals surface area contributed by atoms with Gasteiger partial charge in [0.15, 0.2) is 5.76 Å². The van der Waals surface area contributed by atoms with Crippen LogP contribution in [0.1, 0.15) is 28.1 Å². The first kappa shape index (κ1) is 21.1. The number of carbonyl (C=O) groups is 2. The van der Waals surface area contributed by atoms with E-state index >= 15 is 0 Å². The lowest BCUT2D eigenvalue weighted by Gasteiger charge is -2.34. The molecule has 1 saturated heterocycles. The Kier molecular flexibility index (Phi) is 6.39. The monoisotopic (exact) mass is 419 g/mol. The summed E-state index contributed by atoms with van der Waals surface area (Å²) in [6, 6.07) is 8.54. The first-order valence-electron chi connectivity index (χ1n) is 9.46. The van der Waals surface area contributed by atoms with E-state index in [1.165, 1.54) is 10.6 Å². The molecule has 1 N–H and O–H groups in total. The fourth-order valence-corrected chi connectivity index (χ4v) is 4.97. The van der Waals surface area contributed by atoms with Crippen molar-refractivity contribution in [3.63, 3.8) is 0 Å². The standard InChI is InChI=1S/C20H25N3O5S/c1-15-5-6-16(2)18(14-15)29(26,27)23-11-9-22(10-12-23)19(24)7-8-21-20(25)17-4-3-13-28-17/h3-6,13-14H,7-12H2,1-2H3,(H,21,25). The summed E-state index contributed by atoms with van der Waals surface area (Å²) in [6.45, 7) is 4.99. The van der Waals surface area contributed by atoms with Crippen molar-refractivity contribution in [1.29, 1.82) is 0 Å². The summed E-state index contributed by atoms with van der Waals surface area (Å²) < 4.78 is 32.3. The largest absolute Gasteiger partial charge is 0.459 e. The maximum Gasteiger partial charge on any atom is 0.286 e. The molecule has 2 heterocycles. The van der Waals surface area contributed by atoms with E-state index in [2.05, 4.69) is 5.32 Å². The van der Waals surface area contributed by atoms with Gasteiger partial charge in [0, 0.05) is 39.1 Å². The number of benzene rings is 1. The van der Waals surface area contributed by atoms with E-state index < -0.39 is 10.0 Å². The second-order valence-corrected chi connectivity index (χ2v) is 8.94. The lowest BCUT2D eigenvalue weighted by Crippen LogP contribution is -2.51. The molecule has 2 aromatic rings. The second kappa shape index (κ2) is 8.79. The minimum absolute atomic E-state index is 0.117. The van der Waals surface area contributed by atoms with Gasteiger partial charge in [-0.15, -0.1) is 0 Å². The van der Waals surface area contributed by atoms with E-state index in [9.17, 15) is 18.0 Å². The molecule has 9 heteroatoms. The quantitative estimate of drug-likeness (QED) is 0.766. The van der Waals surface area contributed by atoms with Crippen LogP contribution in [0, 0.1) is 13.8 Å². The van der Waals surface area contributed by atoms with Gasteiger partial charge in [-0.05, 0) is 43.2 Å². The maximum absolute atomic E-state index is 13.0. The zero-order chi connectivity index (χ0) is 21.0. The number of sulfonamides is 1. The molecule has 156 valence electrons. The zero-order valence-electron chi connectivity index (χ0n) is 16.6. The highest BCUT2D eigenvalue weighted by molar-refractivity contribution is 7.89. The molecule has 1 aliphatic heterocycles. The number of rotatable bonds is 6. The van der Waals surface area contributed by atoms with Gasteiger partial charge in [-0.3, -0.25) is 9.59 Å². The predicted octanol–water partition coefficient (Wildman–Crippen LogP) is 1.55. The predicted molar refractivity (Wildman–Crippen MR) is 107 cm³/mol. The minimum Gasteiger partial charge on any atom is -0.459 e. The highest BCUT2D eigenvalue weighted by atomic mass is 32.2. The topological polar surface area (TPSA) is 99.9 Å². The molecular formula is C20H25N3O5S. The van der Waals surface area contributed by atoms with Crippen LogP contribution in [0.4, 0.5) is 0 Å². The van der Waals surface area contributed by atoms with E-state index in [0.717, 1.165) is 5.56 Å². The van der Waals surface area contributed by atoms with Crippen LogP contribution in [0.5, 0.6) is 0 Å². The Labute approximate surface area is 170 Å². The van der Waals surface area contributed by atoms with E-state index in [0.29, 0.717) is 23.5 Å². The van der Waals surface area contributed by atoms with Crippen molar-refractivity contribution in [2.24, 2.45) is 0 Å². The lowest BCUT2D eigenvalue weighted by atomic mass is 10.2. The maximum atomic E-state index is 13.0. The number of piperazine rings is 1. The highest BCUT2D eigenvalue weighted by Crippen LogP contribution is 2.22. The van der Waals surface area contributed by atoms with Gasteiger partial charge in [0.05, 0.1) is 11.2 Å². The molecule has 29 heavy (non-hydrogen) atoms. The number of amides is 2. The molecule has 1 aromatic heterocycles. The zero-order valence-corrected chi connectivity index (χ0v) is 17.4. The Morgan fingerprint density at radius 1 is 1.10 bits per heavy atom. The Bertz CT molecular complexity index is 978. The van der Waals surface area contributed by atoms with Gasteiger partial charge in [-0.2, -0.15) is 4.31 Å². The fraction of sp³-hybridized carbons (Fsp3) is 0.400. The number of aryl methyl sites for hydroxylation is 2. The normalized spacial score (nSPS) is 15.3. The van der Waals surface area contributed by atoms with E-state index in [1.807, 2.05) is 13.0 Å². The van der Waals surface area contributed by atoms with Gasteiger partial charge in [-0.1, -0.05) is 12.1 Å². The average Bonchev–Trinajstić information content (AvgIpc) is 3.24. The van der Waals surface area contributed by atoms with Gasteiger partial charge in [0.1, 0.15) is 0 Å². The molecular weight excluding hydrogens is 394 g/mol. The van der Waals surface area contributed by atoms with Crippen molar-refractivity contribution in [1.82, 2.24) is 14.5 Å². The van der Waals surface area contributed by atoms with E-state index in [4.69, 9.17) is 4.42 Å². The van der Waals surface area contributed by atoms with Gasteiger partial charge in [-0.25, -0.2) is 8.42 Å². The molecule has 0 radical (unpaired) electrons. The first-order valence-corrected chi connectivity index (χ1v) is 10.9. The van der Waals surface area contributed by atoms with Gasteiger partial charge < -0.3 is 14.6 Å². The van der Waals surface area contributed by atoms with Crippen LogP contribution in [0.15, 0.2) is 45.9 Å². The molecule has 0 unspecified atom stereocenters. The van der Waals surface area contributed by atoms with Gasteiger partial charge in [0.25, 0.3) is 5.91 Å². The Morgan fingerprint density at radius 2 is 1.83 bits per heavy atom. The number of hydrogen-bond acceptors (Lipinski definition) is 5. The number of hydrogen-bond donors (Lipinski definition) is 1. The van der Waals surface area contributed by atoms with E-state index in [1.54, 1.807) is 36.1 Å². The molecule has 1 aliphatic rings. The van der Waals surface area contributed by atoms with Crippen molar-refractivity contribution < 1.29 is 22.4 Å². The fourth-order valence-electron chi connectivity index (χ4n) is 3.24. The Morgan fingerprint density at radius 3 is 2.48 bits per heavy atom. The van der Waals surface area contributed by atoms with Crippen molar-refractivity contribution in [3.8, 4) is 0 Å². The van der Waals surface area contributed by atoms with Crippen molar-refractivity contribution in [2.75, 3.05) is 32.7 Å². The second-order valence-electron chi connectivity index (χ2n) is 7.04. The summed E-state index contributed by atoms with van der Waals surface area (Å²) in [6.07, 6.45) is 1.56. The summed E-state index contributed by atoms with van der Waals surface area (Å²) in [5, 5.41) is 2.63. The Hall–Kier alpha value is -2.65. The van der Waals surface area contributed by atoms with Crippen LogP contribution in [0.2, 0.25) is 0 Å². The molecule has 0 aliphatic carbocycles. The van der Waals surface area contributed by atoms with Crippen molar-refractivity contribution in [2.45, 2.75) is 25.2 Å². The smallest absolute Gasteiger partial charge is 0.286 e. The number of nitrogens with zero attached hydrogens (tertiary/aromatic N) is 2. The van der Waals surface area contributed by atoms with Gasteiger partial charge in [0.2, 0.25) is 15.9 Å². The molecule has 2 amide bonds. The SMILES string of the molecule is Cc1ccc(C)c(S(=O)(=O)N2CCN(C(=O)CCNC(=O)c3ccco3)CC2)c1. The number of carbonyl (C=O) groups excluding carboxylic acids is 2. The number of nitrogens with one attached hydrogen (secondary N) is 1. The molecule has 0 bridgehead atoms. The van der Waals surface area contributed by atoms with Crippen LogP contribution >= 0.6 is 0 Å². The summed E-state index contributed by atoms with van der Waals surface area (Å²) in [5.74, 6) is -0.288. The van der Waals surface area contributed by atoms with Crippen LogP contribution < -0.4 is 5.32 Å². The summed E-state index contributed by atoms with van der Waals surface area (Å²) in [7, 11) is -3.59. The van der Waals surface area contributed by atoms with Crippen LogP contribution in [-0.4, -0.2) is 62.2 Å². The van der Waals surface area contributed by atoms with E-state index in [-0.39, 0.29) is 43.6 Å². The van der Waals surface area contributed by atoms with Crippen LogP contribution in [0.3, 0.4) is 0 Å². The van der Waals surface area contributed by atoms with Crippen molar-refractivity contribution in [3.05, 3.63) is 53.5 Å². The molecule has 0 spiro atoms. The average molecular weight is 420 g/mol. The molecule has 8 nitrogen and oxygen atoms in total. The number of furan rings is 1. The third kappa shape index (κ3) is 4.86. The summed E-state index contributed by atoms with van der Waals surface area (Å²) in [5.41, 5.74) is 1.60. The summed E-state index contributed by atoms with van der Waals surface area (Å²) in [4.78, 5) is 26.1. The van der Waals surface area contributed by atoms with Crippen LogP contribution in [0.25, 0.3) is 0 Å². The van der Waals surface area contributed by atoms with Crippen LogP contribution in [-0.2, 0) is 14.8 Å². The third-order valence-corrected chi connectivity index (χ3v) is 6.96. The first-order chi connectivity index (χ1) is 13.8. The van der Waals surface area contributed by atoms with Crippen molar-refractivity contribution >= 4 is 21.8 Å². The van der Waals surface area contributed by atoms with Gasteiger partial charge >= 0.3 is 0 Å². The lowest BCUT2D eigenvalue weighted by molar-refractivity contribution is -0.132. The highest BCUT2D eigenvalue weighted by Gasteiger charge is 2.31. The Balaban J connectivity index is 1.51. The summed E-state index contributed by atoms with van der Waals surface area (Å²) >= 11 is 0. The molecule has 0 saturated carbocycles. The molecule has 1 aromatic carbocycles. The molecule has 0 atom stereocenters. The third-order valence-electron chi connectivity index (χ3n) is 4.92. The minimum atomic E-state index is -3.59. The molecule has 3 rings (SSSR count).